The molecule has 0 saturated heterocycles. The van der Waals surface area contributed by atoms with Crippen LogP contribution >= 0.6 is 0 Å². The summed E-state index contributed by atoms with van der Waals surface area (Å²) in [6.07, 6.45) is 0.614. The molecule has 16 heavy (non-hydrogen) atoms. The third-order valence-electron chi connectivity index (χ3n) is 1.85. The van der Waals surface area contributed by atoms with E-state index >= 15 is 0 Å². The van der Waals surface area contributed by atoms with Crippen LogP contribution in [0, 0.1) is 0 Å². The fourth-order valence-corrected chi connectivity index (χ4v) is 1.14. The van der Waals surface area contributed by atoms with Gasteiger partial charge in [-0.25, -0.2) is 4.79 Å². The third kappa shape index (κ3) is 3.08. The molecule has 0 atom stereocenters. The Morgan fingerprint density at radius 1 is 1.38 bits per heavy atom. The molecule has 0 heterocycles. The van der Waals surface area contributed by atoms with E-state index in [1.54, 1.807) is 20.8 Å². The lowest BCUT2D eigenvalue weighted by Crippen LogP contribution is -2.24. The average molecular weight is 221 g/mol. The standard InChI is InChI=1S/C12H15NO3/c1-12(2,3)16-11(15)8-4-5-10(13)9(6-8)7-14/h4-7H,13H2,1-3H3. The first-order valence-corrected chi connectivity index (χ1v) is 4.91. The number of carbonyl (C=O) groups excluding carboxylic acids is 2. The molecule has 0 amide bonds. The van der Waals surface area contributed by atoms with Crippen LogP contribution in [-0.2, 0) is 4.74 Å². The Labute approximate surface area is 94.4 Å². The number of carbonyl (C=O) groups is 2. The monoisotopic (exact) mass is 221 g/mol. The predicted molar refractivity (Wildman–Crippen MR) is 61.4 cm³/mol. The zero-order valence-corrected chi connectivity index (χ0v) is 9.61. The highest BCUT2D eigenvalue weighted by Gasteiger charge is 2.18. The lowest BCUT2D eigenvalue weighted by Gasteiger charge is -2.19. The number of hydrogen-bond acceptors (Lipinski definition) is 4. The smallest absolute Gasteiger partial charge is 0.338 e. The summed E-state index contributed by atoms with van der Waals surface area (Å²) in [6.45, 7) is 5.34. The van der Waals surface area contributed by atoms with Crippen molar-refractivity contribution >= 4 is 17.9 Å². The van der Waals surface area contributed by atoms with Gasteiger partial charge >= 0.3 is 5.97 Å². The lowest BCUT2D eigenvalue weighted by molar-refractivity contribution is 0.00696. The van der Waals surface area contributed by atoms with E-state index < -0.39 is 11.6 Å². The van der Waals surface area contributed by atoms with Crippen LogP contribution in [0.4, 0.5) is 5.69 Å². The second kappa shape index (κ2) is 4.35. The van der Waals surface area contributed by atoms with E-state index in [-0.39, 0.29) is 0 Å². The molecule has 0 saturated carbocycles. The van der Waals surface area contributed by atoms with Gasteiger partial charge in [-0.1, -0.05) is 0 Å². The largest absolute Gasteiger partial charge is 0.456 e. The minimum absolute atomic E-state index is 0.295. The van der Waals surface area contributed by atoms with Crippen LogP contribution < -0.4 is 5.73 Å². The molecule has 0 fully saturated rings. The van der Waals surface area contributed by atoms with E-state index in [1.807, 2.05) is 0 Å². The SMILES string of the molecule is CC(C)(C)OC(=O)c1ccc(N)c(C=O)c1. The molecule has 2 N–H and O–H groups in total. The van der Waals surface area contributed by atoms with Gasteiger partial charge in [-0.15, -0.1) is 0 Å². The Hall–Kier alpha value is -1.84. The van der Waals surface area contributed by atoms with Crippen molar-refractivity contribution in [3.63, 3.8) is 0 Å². The number of hydrogen-bond donors (Lipinski definition) is 1. The Bertz CT molecular complexity index is 419. The molecule has 0 unspecified atom stereocenters. The summed E-state index contributed by atoms with van der Waals surface area (Å²) in [6, 6.07) is 4.48. The summed E-state index contributed by atoms with van der Waals surface area (Å²) in [7, 11) is 0. The maximum absolute atomic E-state index is 11.7. The predicted octanol–water partition coefficient (Wildman–Crippen LogP) is 2.04. The molecule has 1 aromatic carbocycles. The second-order valence-electron chi connectivity index (χ2n) is 4.46. The van der Waals surface area contributed by atoms with E-state index in [0.29, 0.717) is 23.1 Å². The minimum atomic E-state index is -0.556. The molecule has 86 valence electrons. The van der Waals surface area contributed by atoms with Gasteiger partial charge in [-0.05, 0) is 39.0 Å². The zero-order valence-electron chi connectivity index (χ0n) is 9.61. The van der Waals surface area contributed by atoms with Gasteiger partial charge in [0.1, 0.15) is 5.60 Å². The summed E-state index contributed by atoms with van der Waals surface area (Å²) in [5, 5.41) is 0. The quantitative estimate of drug-likeness (QED) is 0.471. The van der Waals surface area contributed by atoms with Crippen molar-refractivity contribution in [3.05, 3.63) is 29.3 Å². The maximum atomic E-state index is 11.7. The Balaban J connectivity index is 2.97. The summed E-state index contributed by atoms with van der Waals surface area (Å²) in [5.74, 6) is -0.462. The van der Waals surface area contributed by atoms with Gasteiger partial charge in [-0.2, -0.15) is 0 Å². The van der Waals surface area contributed by atoms with Crippen molar-refractivity contribution in [2.24, 2.45) is 0 Å². The van der Waals surface area contributed by atoms with Crippen molar-refractivity contribution < 1.29 is 14.3 Å². The molecule has 0 aliphatic heterocycles. The van der Waals surface area contributed by atoms with Crippen LogP contribution in [0.5, 0.6) is 0 Å². The average Bonchev–Trinajstić information content (AvgIpc) is 2.15. The number of anilines is 1. The van der Waals surface area contributed by atoms with Gasteiger partial charge in [0.2, 0.25) is 0 Å². The lowest BCUT2D eigenvalue weighted by atomic mass is 10.1. The number of nitrogen functional groups attached to an aromatic ring is 1. The van der Waals surface area contributed by atoms with Crippen LogP contribution in [0.2, 0.25) is 0 Å². The molecular weight excluding hydrogens is 206 g/mol. The van der Waals surface area contributed by atoms with Crippen LogP contribution in [0.3, 0.4) is 0 Å². The summed E-state index contributed by atoms with van der Waals surface area (Å²) in [5.41, 5.74) is 5.96. The fourth-order valence-electron chi connectivity index (χ4n) is 1.14. The summed E-state index contributed by atoms with van der Waals surface area (Å²) < 4.78 is 5.17. The highest BCUT2D eigenvalue weighted by atomic mass is 16.6. The van der Waals surface area contributed by atoms with Gasteiger partial charge in [-0.3, -0.25) is 4.79 Å². The van der Waals surface area contributed by atoms with Crippen molar-refractivity contribution in [2.45, 2.75) is 26.4 Å². The van der Waals surface area contributed by atoms with Gasteiger partial charge in [0.15, 0.2) is 6.29 Å². The highest BCUT2D eigenvalue weighted by Crippen LogP contribution is 2.16. The Kier molecular flexibility index (Phi) is 3.32. The first-order chi connectivity index (χ1) is 7.33. The molecule has 4 heteroatoms. The molecule has 0 aliphatic carbocycles. The second-order valence-corrected chi connectivity index (χ2v) is 4.46. The molecule has 1 rings (SSSR count). The minimum Gasteiger partial charge on any atom is -0.456 e. The molecule has 0 spiro atoms. The van der Waals surface area contributed by atoms with Gasteiger partial charge in [0.05, 0.1) is 5.56 Å². The van der Waals surface area contributed by atoms with E-state index in [2.05, 4.69) is 0 Å². The van der Waals surface area contributed by atoms with Crippen LogP contribution in [0.1, 0.15) is 41.5 Å². The fraction of sp³-hybridized carbons (Fsp3) is 0.333. The topological polar surface area (TPSA) is 69.4 Å². The van der Waals surface area contributed by atoms with E-state index in [9.17, 15) is 9.59 Å². The highest BCUT2D eigenvalue weighted by molar-refractivity contribution is 5.94. The molecule has 4 nitrogen and oxygen atoms in total. The third-order valence-corrected chi connectivity index (χ3v) is 1.85. The first kappa shape index (κ1) is 12.2. The number of rotatable bonds is 2. The van der Waals surface area contributed by atoms with Gasteiger partial charge in [0, 0.05) is 11.3 Å². The van der Waals surface area contributed by atoms with Crippen LogP contribution in [0.25, 0.3) is 0 Å². The van der Waals surface area contributed by atoms with Gasteiger partial charge < -0.3 is 10.5 Å². The normalized spacial score (nSPS) is 10.9. The molecule has 0 bridgehead atoms. The van der Waals surface area contributed by atoms with E-state index in [4.69, 9.17) is 10.5 Å². The van der Waals surface area contributed by atoms with Gasteiger partial charge in [0.25, 0.3) is 0 Å². The molecule has 0 radical (unpaired) electrons. The maximum Gasteiger partial charge on any atom is 0.338 e. The van der Waals surface area contributed by atoms with E-state index in [0.717, 1.165) is 0 Å². The van der Waals surface area contributed by atoms with Crippen molar-refractivity contribution in [1.82, 2.24) is 0 Å². The number of benzene rings is 1. The van der Waals surface area contributed by atoms with Crippen molar-refractivity contribution in [3.8, 4) is 0 Å². The molecule has 0 aliphatic rings. The summed E-state index contributed by atoms with van der Waals surface area (Å²) in [4.78, 5) is 22.3. The molecule has 0 aromatic heterocycles. The number of esters is 1. The number of aldehydes is 1. The van der Waals surface area contributed by atoms with Crippen molar-refractivity contribution in [2.75, 3.05) is 5.73 Å². The zero-order chi connectivity index (χ0) is 12.3. The summed E-state index contributed by atoms with van der Waals surface area (Å²) >= 11 is 0. The van der Waals surface area contributed by atoms with Crippen LogP contribution in [-0.4, -0.2) is 17.9 Å². The number of ether oxygens (including phenoxy) is 1. The number of nitrogens with two attached hydrogens (primary N) is 1. The van der Waals surface area contributed by atoms with Crippen molar-refractivity contribution in [1.29, 1.82) is 0 Å². The van der Waals surface area contributed by atoms with Crippen LogP contribution in [0.15, 0.2) is 18.2 Å². The Morgan fingerprint density at radius 2 is 2.00 bits per heavy atom. The Morgan fingerprint density at radius 3 is 2.50 bits per heavy atom. The molecule has 1 aromatic rings. The molecular formula is C12H15NO3. The first-order valence-electron chi connectivity index (χ1n) is 4.91. The van der Waals surface area contributed by atoms with E-state index in [1.165, 1.54) is 18.2 Å².